The van der Waals surface area contributed by atoms with Crippen LogP contribution in [0.4, 0.5) is 5.69 Å². The fraction of sp³-hybridized carbons (Fsp3) is 0.538. The fourth-order valence-corrected chi connectivity index (χ4v) is 2.53. The van der Waals surface area contributed by atoms with E-state index in [0.29, 0.717) is 6.04 Å². The van der Waals surface area contributed by atoms with E-state index in [0.717, 1.165) is 25.1 Å². The highest BCUT2D eigenvalue weighted by Gasteiger charge is 2.24. The van der Waals surface area contributed by atoms with Gasteiger partial charge in [-0.1, -0.05) is 18.2 Å². The van der Waals surface area contributed by atoms with Gasteiger partial charge < -0.3 is 10.2 Å². The number of likely N-dealkylation sites (N-methyl/N-ethyl adjacent to an activating group) is 1. The topological polar surface area (TPSA) is 58.4 Å². The third-order valence-corrected chi connectivity index (χ3v) is 3.48. The summed E-state index contributed by atoms with van der Waals surface area (Å²) in [6.07, 6.45) is 1.10. The van der Waals surface area contributed by atoms with Crippen molar-refractivity contribution in [2.75, 3.05) is 20.1 Å². The van der Waals surface area contributed by atoms with Crippen LogP contribution in [0.25, 0.3) is 0 Å². The van der Waals surface area contributed by atoms with Crippen molar-refractivity contribution in [2.24, 2.45) is 0 Å². The van der Waals surface area contributed by atoms with Gasteiger partial charge in [0, 0.05) is 30.3 Å². The standard InChI is InChI=1S/C13H19N3O2/c1-10(14-11-7-8-15(2)9-11)12-5-3-4-6-13(12)16(17)18/h3-6,10-11,14H,7-9H2,1-2H3. The quantitative estimate of drug-likeness (QED) is 0.654. The Morgan fingerprint density at radius 1 is 1.50 bits per heavy atom. The summed E-state index contributed by atoms with van der Waals surface area (Å²) >= 11 is 0. The Morgan fingerprint density at radius 3 is 2.83 bits per heavy atom. The van der Waals surface area contributed by atoms with Crippen molar-refractivity contribution in [1.29, 1.82) is 0 Å². The van der Waals surface area contributed by atoms with Gasteiger partial charge in [0.1, 0.15) is 0 Å². The van der Waals surface area contributed by atoms with E-state index >= 15 is 0 Å². The molecule has 2 unspecified atom stereocenters. The Kier molecular flexibility index (Phi) is 3.93. The summed E-state index contributed by atoms with van der Waals surface area (Å²) in [6.45, 7) is 4.08. The third-order valence-electron chi connectivity index (χ3n) is 3.48. The van der Waals surface area contributed by atoms with E-state index in [1.165, 1.54) is 0 Å². The van der Waals surface area contributed by atoms with Crippen LogP contribution in [-0.4, -0.2) is 36.0 Å². The van der Waals surface area contributed by atoms with Crippen LogP contribution in [0.5, 0.6) is 0 Å². The van der Waals surface area contributed by atoms with E-state index < -0.39 is 0 Å². The Balaban J connectivity index is 2.09. The lowest BCUT2D eigenvalue weighted by Gasteiger charge is -2.19. The number of para-hydroxylation sites is 1. The molecule has 98 valence electrons. The Bertz CT molecular complexity index is 436. The third kappa shape index (κ3) is 2.86. The van der Waals surface area contributed by atoms with Crippen LogP contribution in [0, 0.1) is 10.1 Å². The molecule has 0 bridgehead atoms. The van der Waals surface area contributed by atoms with Crippen molar-refractivity contribution in [2.45, 2.75) is 25.4 Å². The van der Waals surface area contributed by atoms with Gasteiger partial charge in [-0.3, -0.25) is 10.1 Å². The molecule has 0 saturated carbocycles. The van der Waals surface area contributed by atoms with E-state index in [2.05, 4.69) is 17.3 Å². The lowest BCUT2D eigenvalue weighted by Crippen LogP contribution is -2.33. The normalized spacial score (nSPS) is 22.0. The molecular formula is C13H19N3O2. The minimum Gasteiger partial charge on any atom is -0.306 e. The highest BCUT2D eigenvalue weighted by Crippen LogP contribution is 2.25. The summed E-state index contributed by atoms with van der Waals surface area (Å²) in [4.78, 5) is 12.9. The van der Waals surface area contributed by atoms with E-state index in [9.17, 15) is 10.1 Å². The summed E-state index contributed by atoms with van der Waals surface area (Å²) in [5.74, 6) is 0. The summed E-state index contributed by atoms with van der Waals surface area (Å²) < 4.78 is 0. The van der Waals surface area contributed by atoms with Gasteiger partial charge >= 0.3 is 0 Å². The molecule has 2 rings (SSSR count). The van der Waals surface area contributed by atoms with Crippen molar-refractivity contribution < 1.29 is 4.92 Å². The van der Waals surface area contributed by atoms with Crippen LogP contribution in [-0.2, 0) is 0 Å². The number of benzene rings is 1. The smallest absolute Gasteiger partial charge is 0.274 e. The lowest BCUT2D eigenvalue weighted by molar-refractivity contribution is -0.385. The van der Waals surface area contributed by atoms with Gasteiger partial charge in [-0.05, 0) is 26.9 Å². The molecule has 0 amide bonds. The zero-order chi connectivity index (χ0) is 13.1. The van der Waals surface area contributed by atoms with Gasteiger partial charge in [-0.15, -0.1) is 0 Å². The Labute approximate surface area is 107 Å². The average Bonchev–Trinajstić information content (AvgIpc) is 2.74. The molecule has 1 aliphatic rings. The number of nitrogens with zero attached hydrogens (tertiary/aromatic N) is 2. The van der Waals surface area contributed by atoms with Crippen LogP contribution < -0.4 is 5.32 Å². The maximum atomic E-state index is 11.0. The Hall–Kier alpha value is -1.46. The van der Waals surface area contributed by atoms with E-state index in [-0.39, 0.29) is 16.7 Å². The van der Waals surface area contributed by atoms with Gasteiger partial charge in [0.05, 0.1) is 4.92 Å². The molecular weight excluding hydrogens is 230 g/mol. The van der Waals surface area contributed by atoms with Gasteiger partial charge in [-0.25, -0.2) is 0 Å². The number of likely N-dealkylation sites (tertiary alicyclic amines) is 1. The number of nitro groups is 1. The molecule has 1 N–H and O–H groups in total. The van der Waals surface area contributed by atoms with Gasteiger partial charge in [0.2, 0.25) is 0 Å². The molecule has 1 aliphatic heterocycles. The maximum absolute atomic E-state index is 11.0. The molecule has 1 aromatic rings. The molecule has 5 heteroatoms. The monoisotopic (exact) mass is 249 g/mol. The molecule has 0 radical (unpaired) electrons. The number of rotatable bonds is 4. The summed E-state index contributed by atoms with van der Waals surface area (Å²) in [7, 11) is 2.09. The molecule has 1 fully saturated rings. The first-order valence-electron chi connectivity index (χ1n) is 6.26. The second-order valence-corrected chi connectivity index (χ2v) is 4.95. The van der Waals surface area contributed by atoms with Crippen molar-refractivity contribution in [3.05, 3.63) is 39.9 Å². The first-order chi connectivity index (χ1) is 8.58. The molecule has 0 spiro atoms. The molecule has 1 saturated heterocycles. The van der Waals surface area contributed by atoms with E-state index in [4.69, 9.17) is 0 Å². The number of hydrogen-bond acceptors (Lipinski definition) is 4. The predicted octanol–water partition coefficient (Wildman–Crippen LogP) is 1.95. The van der Waals surface area contributed by atoms with Crippen molar-refractivity contribution in [3.8, 4) is 0 Å². The lowest BCUT2D eigenvalue weighted by atomic mass is 10.1. The molecule has 0 aliphatic carbocycles. The van der Waals surface area contributed by atoms with Gasteiger partial charge in [0.25, 0.3) is 5.69 Å². The highest BCUT2D eigenvalue weighted by molar-refractivity contribution is 5.41. The summed E-state index contributed by atoms with van der Waals surface area (Å²) in [5.41, 5.74) is 0.959. The van der Waals surface area contributed by atoms with Gasteiger partial charge in [0.15, 0.2) is 0 Å². The zero-order valence-corrected chi connectivity index (χ0v) is 10.8. The SMILES string of the molecule is CC(NC1CCN(C)C1)c1ccccc1[N+](=O)[O-]. The largest absolute Gasteiger partial charge is 0.306 e. The minimum absolute atomic E-state index is 0.00287. The van der Waals surface area contributed by atoms with Crippen LogP contribution in [0.2, 0.25) is 0 Å². The zero-order valence-electron chi connectivity index (χ0n) is 10.8. The molecule has 5 nitrogen and oxygen atoms in total. The first kappa shape index (κ1) is 13.0. The first-order valence-corrected chi connectivity index (χ1v) is 6.26. The van der Waals surface area contributed by atoms with E-state index in [1.807, 2.05) is 19.1 Å². The second kappa shape index (κ2) is 5.46. The van der Waals surface area contributed by atoms with Crippen LogP contribution in [0.1, 0.15) is 24.9 Å². The second-order valence-electron chi connectivity index (χ2n) is 4.95. The number of nitro benzene ring substituents is 1. The fourth-order valence-electron chi connectivity index (χ4n) is 2.53. The van der Waals surface area contributed by atoms with Crippen LogP contribution >= 0.6 is 0 Å². The Morgan fingerprint density at radius 2 is 2.22 bits per heavy atom. The van der Waals surface area contributed by atoms with Crippen molar-refractivity contribution >= 4 is 5.69 Å². The highest BCUT2D eigenvalue weighted by atomic mass is 16.6. The molecule has 2 atom stereocenters. The summed E-state index contributed by atoms with van der Waals surface area (Å²) in [5, 5.41) is 14.5. The summed E-state index contributed by atoms with van der Waals surface area (Å²) in [6, 6.07) is 7.37. The predicted molar refractivity (Wildman–Crippen MR) is 70.5 cm³/mol. The van der Waals surface area contributed by atoms with E-state index in [1.54, 1.807) is 12.1 Å². The maximum Gasteiger partial charge on any atom is 0.274 e. The molecule has 18 heavy (non-hydrogen) atoms. The van der Waals surface area contributed by atoms with Crippen molar-refractivity contribution in [1.82, 2.24) is 10.2 Å². The minimum atomic E-state index is -0.311. The van der Waals surface area contributed by atoms with Crippen molar-refractivity contribution in [3.63, 3.8) is 0 Å². The average molecular weight is 249 g/mol. The molecule has 0 aromatic heterocycles. The van der Waals surface area contributed by atoms with Gasteiger partial charge in [-0.2, -0.15) is 0 Å². The molecule has 1 aromatic carbocycles. The number of hydrogen-bond donors (Lipinski definition) is 1. The number of nitrogens with one attached hydrogen (secondary N) is 1. The van der Waals surface area contributed by atoms with Crippen LogP contribution in [0.15, 0.2) is 24.3 Å². The molecule has 1 heterocycles. The van der Waals surface area contributed by atoms with Crippen LogP contribution in [0.3, 0.4) is 0 Å².